The highest BCUT2D eigenvalue weighted by atomic mass is 16.2. The van der Waals surface area contributed by atoms with Crippen LogP contribution in [0.5, 0.6) is 0 Å². The molecule has 1 aliphatic heterocycles. The zero-order valence-electron chi connectivity index (χ0n) is 5.48. The quantitative estimate of drug-likeness (QED) is 0.446. The van der Waals surface area contributed by atoms with E-state index in [1.54, 1.807) is 11.9 Å². The summed E-state index contributed by atoms with van der Waals surface area (Å²) in [5.74, 6) is 0.00116. The molecule has 1 saturated heterocycles. The fourth-order valence-electron chi connectivity index (χ4n) is 0.782. The molecule has 3 nitrogen and oxygen atoms in total. The molecule has 1 amide bonds. The third kappa shape index (κ3) is 1.04. The number of rotatable bonds is 0. The van der Waals surface area contributed by atoms with Crippen molar-refractivity contribution in [2.45, 2.75) is 0 Å². The average molecular weight is 126 g/mol. The van der Waals surface area contributed by atoms with E-state index in [4.69, 9.17) is 0 Å². The van der Waals surface area contributed by atoms with Gasteiger partial charge in [-0.3, -0.25) is 4.79 Å². The number of piperazine rings is 1. The van der Waals surface area contributed by atoms with Crippen molar-refractivity contribution < 1.29 is 4.79 Å². The number of hydrogen-bond donors (Lipinski definition) is 1. The smallest absolute Gasteiger partial charge is 0.269 e. The molecular weight excluding hydrogens is 116 g/mol. The lowest BCUT2D eigenvalue weighted by Crippen LogP contribution is -2.43. The number of nitrogens with one attached hydrogen (secondary N) is 1. The average Bonchev–Trinajstić information content (AvgIpc) is 1.83. The summed E-state index contributed by atoms with van der Waals surface area (Å²) >= 11 is 0. The van der Waals surface area contributed by atoms with Crippen LogP contribution in [0.1, 0.15) is 0 Å². The van der Waals surface area contributed by atoms with Crippen LogP contribution >= 0.6 is 0 Å². The highest BCUT2D eigenvalue weighted by Gasteiger charge is 2.16. The molecule has 3 heteroatoms. The van der Waals surface area contributed by atoms with Gasteiger partial charge in [0.2, 0.25) is 0 Å². The van der Waals surface area contributed by atoms with Gasteiger partial charge >= 0.3 is 0 Å². The summed E-state index contributed by atoms with van der Waals surface area (Å²) in [6.45, 7) is 5.14. The van der Waals surface area contributed by atoms with E-state index >= 15 is 0 Å². The molecule has 0 bridgehead atoms. The summed E-state index contributed by atoms with van der Waals surface area (Å²) < 4.78 is 0. The van der Waals surface area contributed by atoms with Crippen LogP contribution < -0.4 is 5.32 Å². The van der Waals surface area contributed by atoms with Crippen molar-refractivity contribution in [1.29, 1.82) is 0 Å². The monoisotopic (exact) mass is 126 g/mol. The van der Waals surface area contributed by atoms with E-state index in [1.807, 2.05) is 0 Å². The maximum absolute atomic E-state index is 10.9. The first-order valence-electron chi connectivity index (χ1n) is 2.90. The summed E-state index contributed by atoms with van der Waals surface area (Å²) in [5.41, 5.74) is 0.503. The highest BCUT2D eigenvalue weighted by Crippen LogP contribution is 1.97. The fraction of sp³-hybridized carbons (Fsp3) is 0.500. The lowest BCUT2D eigenvalue weighted by molar-refractivity contribution is -0.127. The summed E-state index contributed by atoms with van der Waals surface area (Å²) in [6.07, 6.45) is 0. The molecule has 0 spiro atoms. The Balaban J connectivity index is 2.62. The van der Waals surface area contributed by atoms with Gasteiger partial charge in [0.25, 0.3) is 5.91 Å². The Bertz CT molecular complexity index is 153. The van der Waals surface area contributed by atoms with Gasteiger partial charge in [0, 0.05) is 20.1 Å². The minimum atomic E-state index is 0.00116. The van der Waals surface area contributed by atoms with Gasteiger partial charge < -0.3 is 10.2 Å². The Morgan fingerprint density at radius 1 is 1.78 bits per heavy atom. The Kier molecular flexibility index (Phi) is 1.42. The van der Waals surface area contributed by atoms with E-state index in [-0.39, 0.29) is 5.91 Å². The van der Waals surface area contributed by atoms with Crippen LogP contribution in [0.4, 0.5) is 0 Å². The van der Waals surface area contributed by atoms with Crippen LogP contribution in [0.2, 0.25) is 0 Å². The molecule has 9 heavy (non-hydrogen) atoms. The van der Waals surface area contributed by atoms with Crippen LogP contribution in [0.3, 0.4) is 0 Å². The van der Waals surface area contributed by atoms with Crippen molar-refractivity contribution >= 4 is 5.91 Å². The van der Waals surface area contributed by atoms with Crippen molar-refractivity contribution in [2.24, 2.45) is 0 Å². The number of hydrogen-bond acceptors (Lipinski definition) is 2. The lowest BCUT2D eigenvalue weighted by Gasteiger charge is -2.24. The Hall–Kier alpha value is -0.990. The Morgan fingerprint density at radius 3 is 2.89 bits per heavy atom. The fourth-order valence-corrected chi connectivity index (χ4v) is 0.782. The first-order valence-corrected chi connectivity index (χ1v) is 2.90. The summed E-state index contributed by atoms with van der Waals surface area (Å²) in [6, 6.07) is 0. The van der Waals surface area contributed by atoms with Gasteiger partial charge in [-0.05, 0) is 0 Å². The Labute approximate surface area is 54.3 Å². The minimum absolute atomic E-state index is 0.00116. The summed E-state index contributed by atoms with van der Waals surface area (Å²) in [7, 11) is 1.77. The molecule has 1 aliphatic rings. The highest BCUT2D eigenvalue weighted by molar-refractivity contribution is 5.92. The Morgan fingerprint density at radius 2 is 2.44 bits per heavy atom. The molecule has 0 aromatic carbocycles. The largest absolute Gasteiger partial charge is 0.379 e. The van der Waals surface area contributed by atoms with Gasteiger partial charge in [0.1, 0.15) is 0 Å². The number of likely N-dealkylation sites (N-methyl/N-ethyl adjacent to an activating group) is 1. The molecule has 0 radical (unpaired) electrons. The van der Waals surface area contributed by atoms with E-state index in [1.165, 1.54) is 0 Å². The summed E-state index contributed by atoms with van der Waals surface area (Å²) in [4.78, 5) is 12.5. The lowest BCUT2D eigenvalue weighted by atomic mass is 10.3. The standard InChI is InChI=1S/C6H10N2O/c1-5-6(9)8(2)4-3-7-5/h7H,1,3-4H2,2H3. The molecule has 0 aromatic heterocycles. The molecule has 0 aromatic rings. The zero-order valence-corrected chi connectivity index (χ0v) is 5.48. The molecule has 1 fully saturated rings. The molecular formula is C6H10N2O. The third-order valence-electron chi connectivity index (χ3n) is 1.39. The van der Waals surface area contributed by atoms with E-state index in [0.29, 0.717) is 5.70 Å². The van der Waals surface area contributed by atoms with E-state index in [9.17, 15) is 4.79 Å². The minimum Gasteiger partial charge on any atom is -0.379 e. The van der Waals surface area contributed by atoms with Crippen LogP contribution in [-0.2, 0) is 4.79 Å². The van der Waals surface area contributed by atoms with Gasteiger partial charge in [-0.1, -0.05) is 6.58 Å². The van der Waals surface area contributed by atoms with Crippen molar-refractivity contribution in [1.82, 2.24) is 10.2 Å². The van der Waals surface area contributed by atoms with Crippen LogP contribution in [0, 0.1) is 0 Å². The molecule has 0 aliphatic carbocycles. The van der Waals surface area contributed by atoms with Gasteiger partial charge in [-0.2, -0.15) is 0 Å². The number of nitrogens with zero attached hydrogens (tertiary/aromatic N) is 1. The molecule has 0 unspecified atom stereocenters. The number of carbonyl (C=O) groups is 1. The molecule has 0 saturated carbocycles. The van der Waals surface area contributed by atoms with E-state index in [2.05, 4.69) is 11.9 Å². The van der Waals surface area contributed by atoms with Gasteiger partial charge in [0.05, 0.1) is 5.70 Å². The van der Waals surface area contributed by atoms with E-state index in [0.717, 1.165) is 13.1 Å². The molecule has 1 N–H and O–H groups in total. The molecule has 1 heterocycles. The number of amides is 1. The second-order valence-corrected chi connectivity index (χ2v) is 2.13. The van der Waals surface area contributed by atoms with Crippen molar-refractivity contribution in [2.75, 3.05) is 20.1 Å². The maximum atomic E-state index is 10.9. The maximum Gasteiger partial charge on any atom is 0.269 e. The van der Waals surface area contributed by atoms with E-state index < -0.39 is 0 Å². The SMILES string of the molecule is C=C1NCCN(C)C1=O. The predicted molar refractivity (Wildman–Crippen MR) is 34.8 cm³/mol. The zero-order chi connectivity index (χ0) is 6.85. The predicted octanol–water partition coefficient (Wildman–Crippen LogP) is -0.438. The van der Waals surface area contributed by atoms with Gasteiger partial charge in [-0.15, -0.1) is 0 Å². The second-order valence-electron chi connectivity index (χ2n) is 2.13. The summed E-state index contributed by atoms with van der Waals surface area (Å²) in [5, 5.41) is 2.88. The normalized spacial score (nSPS) is 19.9. The molecule has 0 atom stereocenters. The van der Waals surface area contributed by atoms with Crippen LogP contribution in [-0.4, -0.2) is 30.9 Å². The van der Waals surface area contributed by atoms with Crippen molar-refractivity contribution in [3.63, 3.8) is 0 Å². The molecule has 1 rings (SSSR count). The first kappa shape index (κ1) is 6.13. The topological polar surface area (TPSA) is 32.3 Å². The van der Waals surface area contributed by atoms with Crippen LogP contribution in [0.15, 0.2) is 12.3 Å². The number of carbonyl (C=O) groups excluding carboxylic acids is 1. The van der Waals surface area contributed by atoms with Gasteiger partial charge in [0.15, 0.2) is 0 Å². The van der Waals surface area contributed by atoms with Gasteiger partial charge in [-0.25, -0.2) is 0 Å². The van der Waals surface area contributed by atoms with Crippen LogP contribution in [0.25, 0.3) is 0 Å². The van der Waals surface area contributed by atoms with Crippen molar-refractivity contribution in [3.8, 4) is 0 Å². The second kappa shape index (κ2) is 2.09. The first-order chi connectivity index (χ1) is 4.22. The molecule has 50 valence electrons. The third-order valence-corrected chi connectivity index (χ3v) is 1.39. The van der Waals surface area contributed by atoms with Crippen molar-refractivity contribution in [3.05, 3.63) is 12.3 Å².